The summed E-state index contributed by atoms with van der Waals surface area (Å²) < 4.78 is 0. The van der Waals surface area contributed by atoms with E-state index < -0.39 is 0 Å². The second-order valence-electron chi connectivity index (χ2n) is 2.66. The highest BCUT2D eigenvalue weighted by Crippen LogP contribution is 2.12. The van der Waals surface area contributed by atoms with Crippen molar-refractivity contribution in [1.29, 1.82) is 0 Å². The number of halogens is 1. The van der Waals surface area contributed by atoms with Crippen molar-refractivity contribution < 1.29 is 4.79 Å². The van der Waals surface area contributed by atoms with Gasteiger partial charge >= 0.3 is 0 Å². The Hall–Kier alpha value is -0.150. The molecule has 0 aromatic heterocycles. The van der Waals surface area contributed by atoms with E-state index >= 15 is 0 Å². The van der Waals surface area contributed by atoms with Crippen molar-refractivity contribution >= 4 is 29.3 Å². The average Bonchev–Trinajstić information content (AvgIpc) is 2.30. The van der Waals surface area contributed by atoms with Crippen molar-refractivity contribution in [2.45, 2.75) is 6.42 Å². The van der Waals surface area contributed by atoms with E-state index in [1.807, 2.05) is 11.8 Å². The smallest absolute Gasteiger partial charge is 0.264 e. The molecule has 0 aromatic carbocycles. The number of hydrogen-bond acceptors (Lipinski definition) is 2. The van der Waals surface area contributed by atoms with Crippen LogP contribution in [-0.2, 0) is 4.79 Å². The van der Waals surface area contributed by atoms with Crippen molar-refractivity contribution in [2.75, 3.05) is 24.6 Å². The molecule has 0 unspecified atom stereocenters. The summed E-state index contributed by atoms with van der Waals surface area (Å²) in [5, 5.41) is 0.127. The van der Waals surface area contributed by atoms with Crippen LogP contribution in [0.2, 0.25) is 0 Å². The quantitative estimate of drug-likeness (QED) is 0.608. The Labute approximate surface area is 81.9 Å². The molecular weight excluding hydrogens is 194 g/mol. The summed E-state index contributed by atoms with van der Waals surface area (Å²) in [5.74, 6) is 2.04. The Morgan fingerprint density at radius 2 is 2.17 bits per heavy atom. The number of nitrogens with zero attached hydrogens (tertiary/aromatic N) is 1. The van der Waals surface area contributed by atoms with Crippen LogP contribution >= 0.6 is 23.4 Å². The Morgan fingerprint density at radius 1 is 1.42 bits per heavy atom. The van der Waals surface area contributed by atoms with Crippen LogP contribution in [0.15, 0.2) is 11.6 Å². The number of carbonyl (C=O) groups is 1. The van der Waals surface area contributed by atoms with E-state index in [1.165, 1.54) is 0 Å². The molecule has 4 heteroatoms. The predicted molar refractivity (Wildman–Crippen MR) is 53.5 cm³/mol. The molecule has 1 aliphatic rings. The third kappa shape index (κ3) is 2.72. The molecule has 0 bridgehead atoms. The molecule has 68 valence electrons. The predicted octanol–water partition coefficient (Wildman–Crippen LogP) is 1.70. The molecule has 0 radical (unpaired) electrons. The first-order chi connectivity index (χ1) is 5.72. The highest BCUT2D eigenvalue weighted by atomic mass is 35.5. The third-order valence-corrected chi connectivity index (χ3v) is 2.95. The summed E-state index contributed by atoms with van der Waals surface area (Å²) in [4.78, 5) is 13.1. The molecule has 1 aliphatic heterocycles. The Morgan fingerprint density at radius 3 is 2.83 bits per heavy atom. The van der Waals surface area contributed by atoms with Crippen LogP contribution < -0.4 is 0 Å². The molecular formula is C8H12ClNOS. The SMILES string of the molecule is C=C(Cl)C(=O)N1CCCSCC1. The van der Waals surface area contributed by atoms with Gasteiger partial charge in [0.1, 0.15) is 0 Å². The molecule has 1 heterocycles. The number of hydrogen-bond donors (Lipinski definition) is 0. The van der Waals surface area contributed by atoms with Crippen LogP contribution in [0.25, 0.3) is 0 Å². The zero-order valence-electron chi connectivity index (χ0n) is 6.88. The first-order valence-electron chi connectivity index (χ1n) is 3.93. The molecule has 1 amide bonds. The lowest BCUT2D eigenvalue weighted by atomic mass is 10.4. The molecule has 0 aliphatic carbocycles. The molecule has 1 rings (SSSR count). The van der Waals surface area contributed by atoms with Crippen molar-refractivity contribution in [2.24, 2.45) is 0 Å². The normalized spacial score (nSPS) is 18.6. The van der Waals surface area contributed by atoms with Crippen LogP contribution in [0.3, 0.4) is 0 Å². The lowest BCUT2D eigenvalue weighted by molar-refractivity contribution is -0.126. The molecule has 12 heavy (non-hydrogen) atoms. The summed E-state index contributed by atoms with van der Waals surface area (Å²) in [6, 6.07) is 0. The minimum absolute atomic E-state index is 0.112. The molecule has 0 aromatic rings. The highest BCUT2D eigenvalue weighted by Gasteiger charge is 2.16. The number of thioether (sulfide) groups is 1. The Kier molecular flexibility index (Phi) is 3.95. The summed E-state index contributed by atoms with van der Waals surface area (Å²) >= 11 is 7.40. The van der Waals surface area contributed by atoms with E-state index in [1.54, 1.807) is 4.90 Å². The van der Waals surface area contributed by atoms with Gasteiger partial charge in [-0.3, -0.25) is 4.79 Å². The molecule has 0 spiro atoms. The fourth-order valence-corrected chi connectivity index (χ4v) is 2.13. The van der Waals surface area contributed by atoms with Gasteiger partial charge in [0, 0.05) is 18.8 Å². The second kappa shape index (κ2) is 4.77. The summed E-state index contributed by atoms with van der Waals surface area (Å²) in [5.41, 5.74) is 0. The van der Waals surface area contributed by atoms with Crippen LogP contribution in [0, 0.1) is 0 Å². The van der Waals surface area contributed by atoms with Crippen molar-refractivity contribution in [3.63, 3.8) is 0 Å². The van der Waals surface area contributed by atoms with E-state index in [4.69, 9.17) is 11.6 Å². The van der Waals surface area contributed by atoms with Crippen molar-refractivity contribution in [3.8, 4) is 0 Å². The zero-order chi connectivity index (χ0) is 8.97. The maximum atomic E-state index is 11.3. The van der Waals surface area contributed by atoms with E-state index in [-0.39, 0.29) is 10.9 Å². The maximum Gasteiger partial charge on any atom is 0.264 e. The molecule has 0 N–H and O–H groups in total. The van der Waals surface area contributed by atoms with Gasteiger partial charge in [-0.25, -0.2) is 0 Å². The maximum absolute atomic E-state index is 11.3. The third-order valence-electron chi connectivity index (χ3n) is 1.74. The lowest BCUT2D eigenvalue weighted by Gasteiger charge is -2.18. The second-order valence-corrected chi connectivity index (χ2v) is 4.34. The Balaban J connectivity index is 2.48. The monoisotopic (exact) mass is 205 g/mol. The summed E-state index contributed by atoms with van der Waals surface area (Å²) in [7, 11) is 0. The van der Waals surface area contributed by atoms with E-state index in [9.17, 15) is 4.79 Å². The average molecular weight is 206 g/mol. The number of carbonyl (C=O) groups excluding carboxylic acids is 1. The standard InChI is InChI=1S/C8H12ClNOS/c1-7(9)8(11)10-3-2-5-12-6-4-10/h1-6H2. The lowest BCUT2D eigenvalue weighted by Crippen LogP contribution is -2.32. The van der Waals surface area contributed by atoms with Gasteiger partial charge in [-0.2, -0.15) is 11.8 Å². The largest absolute Gasteiger partial charge is 0.337 e. The highest BCUT2D eigenvalue weighted by molar-refractivity contribution is 7.99. The molecule has 2 nitrogen and oxygen atoms in total. The van der Waals surface area contributed by atoms with Crippen LogP contribution in [0.5, 0.6) is 0 Å². The summed E-state index contributed by atoms with van der Waals surface area (Å²) in [6.07, 6.45) is 1.06. The minimum atomic E-state index is -0.112. The molecule has 1 saturated heterocycles. The topological polar surface area (TPSA) is 20.3 Å². The van der Waals surface area contributed by atoms with E-state index in [2.05, 4.69) is 6.58 Å². The van der Waals surface area contributed by atoms with Gasteiger partial charge in [0.25, 0.3) is 5.91 Å². The van der Waals surface area contributed by atoms with Crippen molar-refractivity contribution in [3.05, 3.63) is 11.6 Å². The van der Waals surface area contributed by atoms with Gasteiger partial charge in [0.05, 0.1) is 5.03 Å². The number of amides is 1. The first kappa shape index (κ1) is 9.93. The van der Waals surface area contributed by atoms with Crippen LogP contribution in [0.1, 0.15) is 6.42 Å². The first-order valence-corrected chi connectivity index (χ1v) is 5.46. The molecule has 0 saturated carbocycles. The minimum Gasteiger partial charge on any atom is -0.337 e. The fourth-order valence-electron chi connectivity index (χ4n) is 1.12. The van der Waals surface area contributed by atoms with Crippen molar-refractivity contribution in [1.82, 2.24) is 4.90 Å². The van der Waals surface area contributed by atoms with Gasteiger partial charge in [-0.15, -0.1) is 0 Å². The molecule has 0 atom stereocenters. The van der Waals surface area contributed by atoms with Crippen LogP contribution in [-0.4, -0.2) is 35.4 Å². The van der Waals surface area contributed by atoms with E-state index in [0.29, 0.717) is 0 Å². The molecule has 1 fully saturated rings. The number of rotatable bonds is 1. The van der Waals surface area contributed by atoms with Gasteiger partial charge in [-0.05, 0) is 12.2 Å². The van der Waals surface area contributed by atoms with Gasteiger partial charge in [0.15, 0.2) is 0 Å². The fraction of sp³-hybridized carbons (Fsp3) is 0.625. The zero-order valence-corrected chi connectivity index (χ0v) is 8.46. The summed E-state index contributed by atoms with van der Waals surface area (Å²) in [6.45, 7) is 5.05. The van der Waals surface area contributed by atoms with Crippen LogP contribution in [0.4, 0.5) is 0 Å². The van der Waals surface area contributed by atoms with Gasteiger partial charge < -0.3 is 4.90 Å². The van der Waals surface area contributed by atoms with Gasteiger partial charge in [0.2, 0.25) is 0 Å². The van der Waals surface area contributed by atoms with Gasteiger partial charge in [-0.1, -0.05) is 18.2 Å². The van der Waals surface area contributed by atoms with E-state index in [0.717, 1.165) is 31.0 Å². The Bertz CT molecular complexity index is 187.